The van der Waals surface area contributed by atoms with Crippen LogP contribution in [0.3, 0.4) is 0 Å². The Hall–Kier alpha value is -1.69. The van der Waals surface area contributed by atoms with Crippen LogP contribution in [0.1, 0.15) is 5.56 Å². The lowest BCUT2D eigenvalue weighted by molar-refractivity contribution is 0.463. The van der Waals surface area contributed by atoms with Gasteiger partial charge in [0.1, 0.15) is 10.1 Å². The second-order valence-electron chi connectivity index (χ2n) is 5.10. The molecule has 0 fully saturated rings. The summed E-state index contributed by atoms with van der Waals surface area (Å²) in [5, 5.41) is 1.90. The highest BCUT2D eigenvalue weighted by Crippen LogP contribution is 2.37. The van der Waals surface area contributed by atoms with Crippen molar-refractivity contribution < 1.29 is 13.0 Å². The molecule has 5 heteroatoms. The molecule has 0 unspecified atom stereocenters. The van der Waals surface area contributed by atoms with Gasteiger partial charge in [-0.2, -0.15) is 0 Å². The van der Waals surface area contributed by atoms with Crippen molar-refractivity contribution in [2.75, 3.05) is 0 Å². The average Bonchev–Trinajstić information content (AvgIpc) is 2.44. The minimum atomic E-state index is -4.59. The van der Waals surface area contributed by atoms with E-state index in [4.69, 9.17) is 0 Å². The number of fused-ring (bicyclic) bond motifs is 1. The number of benzene rings is 3. The van der Waals surface area contributed by atoms with E-state index in [0.717, 1.165) is 21.9 Å². The number of rotatable bonds is 2. The van der Waals surface area contributed by atoms with Gasteiger partial charge in [-0.15, -0.1) is 0 Å². The lowest BCUT2D eigenvalue weighted by Gasteiger charge is -2.17. The number of aryl methyl sites for hydroxylation is 1. The molecule has 0 saturated carbocycles. The minimum absolute atomic E-state index is 0.213. The molecule has 3 nitrogen and oxygen atoms in total. The summed E-state index contributed by atoms with van der Waals surface area (Å²) in [6.45, 7) is 1.86. The van der Waals surface area contributed by atoms with Crippen LogP contribution in [-0.2, 0) is 10.1 Å². The molecule has 0 bridgehead atoms. The molecule has 0 N–H and O–H groups in total. The largest absolute Gasteiger partial charge is 0.744 e. The number of hydrogen-bond donors (Lipinski definition) is 0. The highest BCUT2D eigenvalue weighted by molar-refractivity contribution is 9.10. The summed E-state index contributed by atoms with van der Waals surface area (Å²) >= 11 is 3.22. The van der Waals surface area contributed by atoms with Crippen molar-refractivity contribution in [3.05, 3.63) is 64.6 Å². The molecule has 22 heavy (non-hydrogen) atoms. The maximum Gasteiger partial charge on any atom is 0.126 e. The maximum absolute atomic E-state index is 11.7. The standard InChI is InChI=1S/C17H13BrO3S/c1-11-9-15(17(16(18)10-11)22(19,20)21)14-8-4-6-12-5-2-3-7-13(12)14/h2-10H,1H3,(H,19,20,21)/p-1. The molecule has 0 heterocycles. The Morgan fingerprint density at radius 2 is 1.64 bits per heavy atom. The van der Waals surface area contributed by atoms with E-state index in [9.17, 15) is 13.0 Å². The van der Waals surface area contributed by atoms with Crippen LogP contribution in [-0.4, -0.2) is 13.0 Å². The lowest BCUT2D eigenvalue weighted by atomic mass is 9.97. The zero-order valence-corrected chi connectivity index (χ0v) is 14.1. The van der Waals surface area contributed by atoms with Crippen molar-refractivity contribution in [1.29, 1.82) is 0 Å². The molecule has 0 saturated heterocycles. The molecule has 112 valence electrons. The zero-order valence-electron chi connectivity index (χ0n) is 11.7. The van der Waals surface area contributed by atoms with Crippen LogP contribution in [0.15, 0.2) is 64.0 Å². The lowest BCUT2D eigenvalue weighted by Crippen LogP contribution is -2.03. The van der Waals surface area contributed by atoms with Gasteiger partial charge < -0.3 is 4.55 Å². The van der Waals surface area contributed by atoms with Crippen LogP contribution >= 0.6 is 15.9 Å². The van der Waals surface area contributed by atoms with E-state index in [2.05, 4.69) is 15.9 Å². The third-order valence-electron chi connectivity index (χ3n) is 3.52. The first-order valence-electron chi connectivity index (χ1n) is 6.62. The monoisotopic (exact) mass is 375 g/mol. The van der Waals surface area contributed by atoms with Crippen LogP contribution in [0.2, 0.25) is 0 Å². The van der Waals surface area contributed by atoms with Crippen LogP contribution in [0.25, 0.3) is 21.9 Å². The van der Waals surface area contributed by atoms with Gasteiger partial charge >= 0.3 is 0 Å². The Morgan fingerprint density at radius 1 is 0.955 bits per heavy atom. The van der Waals surface area contributed by atoms with E-state index >= 15 is 0 Å². The van der Waals surface area contributed by atoms with E-state index in [1.165, 1.54) is 0 Å². The van der Waals surface area contributed by atoms with Crippen LogP contribution < -0.4 is 0 Å². The second kappa shape index (κ2) is 5.50. The Balaban J connectivity index is 2.46. The molecular formula is C17H12BrO3S-. The van der Waals surface area contributed by atoms with Gasteiger partial charge in [-0.25, -0.2) is 8.42 Å². The summed E-state index contributed by atoms with van der Waals surface area (Å²) in [4.78, 5) is -0.213. The summed E-state index contributed by atoms with van der Waals surface area (Å²) in [5.41, 5.74) is 2.04. The maximum atomic E-state index is 11.7. The predicted molar refractivity (Wildman–Crippen MR) is 89.8 cm³/mol. The fourth-order valence-corrected chi connectivity index (χ4v) is 4.55. The van der Waals surface area contributed by atoms with E-state index in [1.807, 2.05) is 49.4 Å². The third kappa shape index (κ3) is 2.67. The van der Waals surface area contributed by atoms with Gasteiger partial charge in [0.25, 0.3) is 0 Å². The smallest absolute Gasteiger partial charge is 0.126 e. The molecular weight excluding hydrogens is 364 g/mol. The first-order valence-corrected chi connectivity index (χ1v) is 8.82. The van der Waals surface area contributed by atoms with Gasteiger partial charge in [0.15, 0.2) is 0 Å². The van der Waals surface area contributed by atoms with E-state index in [1.54, 1.807) is 12.1 Å². The fourth-order valence-electron chi connectivity index (χ4n) is 2.64. The first kappa shape index (κ1) is 15.2. The Labute approximate surface area is 137 Å². The van der Waals surface area contributed by atoms with E-state index in [-0.39, 0.29) is 4.90 Å². The van der Waals surface area contributed by atoms with Crippen molar-refractivity contribution in [3.63, 3.8) is 0 Å². The van der Waals surface area contributed by atoms with Gasteiger partial charge in [0, 0.05) is 10.0 Å². The van der Waals surface area contributed by atoms with Gasteiger partial charge in [-0.3, -0.25) is 0 Å². The van der Waals surface area contributed by atoms with Crippen molar-refractivity contribution in [3.8, 4) is 11.1 Å². The molecule has 0 aliphatic carbocycles. The minimum Gasteiger partial charge on any atom is -0.744 e. The molecule has 0 spiro atoms. The van der Waals surface area contributed by atoms with Gasteiger partial charge in [-0.1, -0.05) is 48.5 Å². The average molecular weight is 376 g/mol. The third-order valence-corrected chi connectivity index (χ3v) is 5.35. The van der Waals surface area contributed by atoms with Crippen molar-refractivity contribution >= 4 is 36.8 Å². The molecule has 0 aromatic heterocycles. The Morgan fingerprint density at radius 3 is 2.36 bits per heavy atom. The van der Waals surface area contributed by atoms with Crippen LogP contribution in [0.4, 0.5) is 0 Å². The van der Waals surface area contributed by atoms with E-state index in [0.29, 0.717) is 10.0 Å². The molecule has 0 atom stereocenters. The summed E-state index contributed by atoms with van der Waals surface area (Å²) in [5.74, 6) is 0. The van der Waals surface area contributed by atoms with Gasteiger partial charge in [-0.05, 0) is 50.8 Å². The summed E-state index contributed by atoms with van der Waals surface area (Å²) in [6, 6.07) is 16.7. The molecule has 0 aliphatic rings. The number of halogens is 1. The molecule has 3 rings (SSSR count). The highest BCUT2D eigenvalue weighted by atomic mass is 79.9. The van der Waals surface area contributed by atoms with E-state index < -0.39 is 10.1 Å². The first-order chi connectivity index (χ1) is 10.4. The quantitative estimate of drug-likeness (QED) is 0.620. The molecule has 0 aliphatic heterocycles. The van der Waals surface area contributed by atoms with Crippen molar-refractivity contribution in [2.45, 2.75) is 11.8 Å². The zero-order chi connectivity index (χ0) is 15.9. The second-order valence-corrected chi connectivity index (χ2v) is 7.28. The number of hydrogen-bond acceptors (Lipinski definition) is 3. The van der Waals surface area contributed by atoms with Gasteiger partial charge in [0.2, 0.25) is 0 Å². The molecule has 3 aromatic rings. The fraction of sp³-hybridized carbons (Fsp3) is 0.0588. The topological polar surface area (TPSA) is 57.2 Å². The summed E-state index contributed by atoms with van der Waals surface area (Å²) in [6.07, 6.45) is 0. The molecule has 3 aromatic carbocycles. The normalized spacial score (nSPS) is 11.8. The summed E-state index contributed by atoms with van der Waals surface area (Å²) < 4.78 is 35.4. The SMILES string of the molecule is Cc1cc(Br)c(S(=O)(=O)[O-])c(-c2cccc3ccccc23)c1. The van der Waals surface area contributed by atoms with Crippen LogP contribution in [0.5, 0.6) is 0 Å². The molecule has 0 radical (unpaired) electrons. The van der Waals surface area contributed by atoms with Crippen LogP contribution in [0, 0.1) is 6.92 Å². The molecule has 0 amide bonds. The van der Waals surface area contributed by atoms with Crippen molar-refractivity contribution in [2.24, 2.45) is 0 Å². The van der Waals surface area contributed by atoms with Gasteiger partial charge in [0.05, 0.1) is 4.90 Å². The van der Waals surface area contributed by atoms with Crippen molar-refractivity contribution in [1.82, 2.24) is 0 Å². The Bertz CT molecular complexity index is 973. The highest BCUT2D eigenvalue weighted by Gasteiger charge is 2.17. The summed E-state index contributed by atoms with van der Waals surface area (Å²) in [7, 11) is -4.59. The predicted octanol–water partition coefficient (Wildman–Crippen LogP) is 4.48. The Kier molecular flexibility index (Phi) is 3.80.